The highest BCUT2D eigenvalue weighted by molar-refractivity contribution is 5.81. The van der Waals surface area contributed by atoms with E-state index < -0.39 is 0 Å². The molecule has 2 bridgehead atoms. The number of carbonyl (C=O) groups excluding carboxylic acids is 2. The quantitative estimate of drug-likeness (QED) is 0.845. The highest BCUT2D eigenvalue weighted by Crippen LogP contribution is 2.33. The van der Waals surface area contributed by atoms with Gasteiger partial charge in [0.05, 0.1) is 18.1 Å². The van der Waals surface area contributed by atoms with E-state index in [0.717, 1.165) is 12.8 Å². The number of ether oxygens (including phenoxy) is 1. The van der Waals surface area contributed by atoms with E-state index >= 15 is 0 Å². The number of fused-ring (bicyclic) bond motifs is 2. The Balaban J connectivity index is 1.35. The molecule has 0 aromatic carbocycles. The third-order valence-electron chi connectivity index (χ3n) is 5.17. The number of carbonyl (C=O) groups is 2. The Morgan fingerprint density at radius 3 is 2.83 bits per heavy atom. The molecule has 4 rings (SSSR count). The molecular weight excluding hydrogens is 312 g/mol. The number of morpholine rings is 1. The van der Waals surface area contributed by atoms with Crippen molar-refractivity contribution in [3.63, 3.8) is 0 Å². The third kappa shape index (κ3) is 3.02. The molecule has 130 valence electrons. The summed E-state index contributed by atoms with van der Waals surface area (Å²) in [6.07, 6.45) is 3.84. The predicted molar refractivity (Wildman–Crippen MR) is 81.9 cm³/mol. The minimum atomic E-state index is -0.211. The molecule has 2 aliphatic heterocycles. The van der Waals surface area contributed by atoms with E-state index in [2.05, 4.69) is 15.5 Å². The van der Waals surface area contributed by atoms with E-state index in [-0.39, 0.29) is 36.4 Å². The van der Waals surface area contributed by atoms with Gasteiger partial charge >= 0.3 is 0 Å². The van der Waals surface area contributed by atoms with Crippen LogP contribution in [0, 0.1) is 12.8 Å². The van der Waals surface area contributed by atoms with Gasteiger partial charge in [-0.25, -0.2) is 0 Å². The maximum atomic E-state index is 12.4. The first-order chi connectivity index (χ1) is 11.6. The normalized spacial score (nSPS) is 29.4. The minimum Gasteiger partial charge on any atom is -0.370 e. The van der Waals surface area contributed by atoms with Crippen LogP contribution in [0.3, 0.4) is 0 Å². The summed E-state index contributed by atoms with van der Waals surface area (Å²) in [7, 11) is 0. The number of aromatic nitrogens is 2. The molecule has 3 unspecified atom stereocenters. The fourth-order valence-electron chi connectivity index (χ4n) is 3.65. The zero-order valence-corrected chi connectivity index (χ0v) is 13.7. The molecule has 3 heterocycles. The summed E-state index contributed by atoms with van der Waals surface area (Å²) in [5.41, 5.74) is 0. The molecule has 1 N–H and O–H groups in total. The van der Waals surface area contributed by atoms with Gasteiger partial charge in [-0.1, -0.05) is 5.16 Å². The second-order valence-corrected chi connectivity index (χ2v) is 6.99. The lowest BCUT2D eigenvalue weighted by Gasteiger charge is -2.33. The first-order valence-electron chi connectivity index (χ1n) is 8.61. The summed E-state index contributed by atoms with van der Waals surface area (Å²) >= 11 is 0. The number of hydrogen-bond acceptors (Lipinski definition) is 6. The van der Waals surface area contributed by atoms with Gasteiger partial charge < -0.3 is 19.5 Å². The molecule has 24 heavy (non-hydrogen) atoms. The fourth-order valence-corrected chi connectivity index (χ4v) is 3.65. The Bertz CT molecular complexity index is 642. The molecular formula is C16H22N4O4. The maximum Gasteiger partial charge on any atom is 0.236 e. The second-order valence-electron chi connectivity index (χ2n) is 6.99. The predicted octanol–water partition coefficient (Wildman–Crippen LogP) is 0.205. The van der Waals surface area contributed by atoms with Crippen molar-refractivity contribution in [3.05, 3.63) is 11.7 Å². The summed E-state index contributed by atoms with van der Waals surface area (Å²) in [5, 5.41) is 6.80. The van der Waals surface area contributed by atoms with Crippen molar-refractivity contribution in [1.29, 1.82) is 0 Å². The largest absolute Gasteiger partial charge is 0.370 e. The highest BCUT2D eigenvalue weighted by atomic mass is 16.5. The molecule has 1 aliphatic carbocycles. The number of nitrogens with one attached hydrogen (secondary N) is 1. The van der Waals surface area contributed by atoms with Crippen LogP contribution in [0.1, 0.15) is 37.4 Å². The summed E-state index contributed by atoms with van der Waals surface area (Å²) in [6.45, 7) is 2.69. The van der Waals surface area contributed by atoms with E-state index in [1.807, 2.05) is 0 Å². The number of hydrogen-bond donors (Lipinski definition) is 1. The Morgan fingerprint density at radius 1 is 1.33 bits per heavy atom. The van der Waals surface area contributed by atoms with Crippen LogP contribution in [0.5, 0.6) is 0 Å². The van der Waals surface area contributed by atoms with Crippen LogP contribution in [0.2, 0.25) is 0 Å². The van der Waals surface area contributed by atoms with Crippen LogP contribution < -0.4 is 5.32 Å². The van der Waals surface area contributed by atoms with Crippen LogP contribution in [0.25, 0.3) is 0 Å². The fraction of sp³-hybridized carbons (Fsp3) is 0.750. The van der Waals surface area contributed by atoms with Crippen LogP contribution in [-0.4, -0.2) is 58.2 Å². The van der Waals surface area contributed by atoms with Gasteiger partial charge in [-0.05, 0) is 32.6 Å². The molecule has 1 aromatic heterocycles. The average molecular weight is 334 g/mol. The molecule has 2 amide bonds. The standard InChI is InChI=1S/C16H22N4O4/c1-9-17-14(24-19-9)6-15(21)20-7-11-5-12(13(8-20)23-11)16(22)18-10-3-2-4-10/h10-13H,2-8H2,1H3,(H,18,22). The van der Waals surface area contributed by atoms with Gasteiger partial charge in [-0.15, -0.1) is 0 Å². The van der Waals surface area contributed by atoms with Crippen molar-refractivity contribution < 1.29 is 18.8 Å². The zero-order valence-electron chi connectivity index (χ0n) is 13.7. The molecule has 0 spiro atoms. The molecule has 3 atom stereocenters. The molecule has 1 aromatic rings. The number of nitrogens with zero attached hydrogens (tertiary/aromatic N) is 3. The molecule has 2 saturated heterocycles. The van der Waals surface area contributed by atoms with Gasteiger partial charge in [0, 0.05) is 19.1 Å². The average Bonchev–Trinajstić information content (AvgIpc) is 3.05. The Kier molecular flexibility index (Phi) is 3.99. The van der Waals surface area contributed by atoms with E-state index in [1.54, 1.807) is 11.8 Å². The van der Waals surface area contributed by atoms with Crippen LogP contribution in [0.4, 0.5) is 0 Å². The zero-order chi connectivity index (χ0) is 16.7. The van der Waals surface area contributed by atoms with E-state index in [4.69, 9.17) is 9.26 Å². The molecule has 0 radical (unpaired) electrons. The lowest BCUT2D eigenvalue weighted by atomic mass is 9.91. The Hall–Kier alpha value is -1.96. The second kappa shape index (κ2) is 6.16. The van der Waals surface area contributed by atoms with Crippen LogP contribution in [-0.2, 0) is 20.7 Å². The van der Waals surface area contributed by atoms with Crippen molar-refractivity contribution in [1.82, 2.24) is 20.4 Å². The molecule has 3 fully saturated rings. The van der Waals surface area contributed by atoms with E-state index in [1.165, 1.54) is 6.42 Å². The van der Waals surface area contributed by atoms with E-state index in [9.17, 15) is 9.59 Å². The number of aryl methyl sites for hydroxylation is 1. The lowest BCUT2D eigenvalue weighted by Crippen LogP contribution is -2.49. The maximum absolute atomic E-state index is 12.4. The van der Waals surface area contributed by atoms with Crippen LogP contribution in [0.15, 0.2) is 4.52 Å². The van der Waals surface area contributed by atoms with Gasteiger partial charge in [-0.2, -0.15) is 4.98 Å². The van der Waals surface area contributed by atoms with Gasteiger partial charge in [0.15, 0.2) is 5.82 Å². The molecule has 8 heteroatoms. The summed E-state index contributed by atoms with van der Waals surface area (Å²) in [5.74, 6) is 0.716. The monoisotopic (exact) mass is 334 g/mol. The highest BCUT2D eigenvalue weighted by Gasteiger charge is 2.46. The number of rotatable bonds is 4. The first kappa shape index (κ1) is 15.6. The summed E-state index contributed by atoms with van der Waals surface area (Å²) in [4.78, 5) is 30.7. The first-order valence-corrected chi connectivity index (χ1v) is 8.61. The number of amides is 2. The van der Waals surface area contributed by atoms with Gasteiger partial charge in [0.1, 0.15) is 6.42 Å². The van der Waals surface area contributed by atoms with Crippen LogP contribution >= 0.6 is 0 Å². The van der Waals surface area contributed by atoms with Crippen molar-refractivity contribution >= 4 is 11.8 Å². The lowest BCUT2D eigenvalue weighted by molar-refractivity contribution is -0.142. The third-order valence-corrected chi connectivity index (χ3v) is 5.17. The van der Waals surface area contributed by atoms with Crippen molar-refractivity contribution in [3.8, 4) is 0 Å². The molecule has 8 nitrogen and oxygen atoms in total. The summed E-state index contributed by atoms with van der Waals surface area (Å²) < 4.78 is 10.9. The van der Waals surface area contributed by atoms with Crippen molar-refractivity contribution in [2.75, 3.05) is 13.1 Å². The Morgan fingerprint density at radius 2 is 2.17 bits per heavy atom. The summed E-state index contributed by atoms with van der Waals surface area (Å²) in [6, 6.07) is 0.330. The molecule has 1 saturated carbocycles. The van der Waals surface area contributed by atoms with Gasteiger partial charge in [0.25, 0.3) is 0 Å². The minimum absolute atomic E-state index is 0.0583. The smallest absolute Gasteiger partial charge is 0.236 e. The topological polar surface area (TPSA) is 97.6 Å². The van der Waals surface area contributed by atoms with Crippen molar-refractivity contribution in [2.24, 2.45) is 5.92 Å². The van der Waals surface area contributed by atoms with Gasteiger partial charge in [-0.3, -0.25) is 9.59 Å². The SMILES string of the molecule is Cc1noc(CC(=O)N2CC3CC(C(=O)NC4CCC4)C(C2)O3)n1. The molecule has 3 aliphatic rings. The van der Waals surface area contributed by atoms with Crippen molar-refractivity contribution in [2.45, 2.75) is 57.3 Å². The Labute approximate surface area is 139 Å². The number of likely N-dealkylation sites (tertiary alicyclic amines) is 1. The van der Waals surface area contributed by atoms with Gasteiger partial charge in [0.2, 0.25) is 17.7 Å². The van der Waals surface area contributed by atoms with E-state index in [0.29, 0.717) is 37.3 Å².